The second-order valence-corrected chi connectivity index (χ2v) is 5.82. The zero-order valence-electron chi connectivity index (χ0n) is 13.9. The Labute approximate surface area is 128 Å². The van der Waals surface area contributed by atoms with Gasteiger partial charge in [0.2, 0.25) is 0 Å². The van der Waals surface area contributed by atoms with Crippen molar-refractivity contribution in [3.8, 4) is 5.75 Å². The van der Waals surface area contributed by atoms with Gasteiger partial charge in [0.15, 0.2) is 0 Å². The molecular weight excluding hydrogens is 264 g/mol. The zero-order valence-corrected chi connectivity index (χ0v) is 13.9. The Balaban J connectivity index is 2.63. The van der Waals surface area contributed by atoms with Crippen molar-refractivity contribution >= 4 is 5.82 Å². The van der Waals surface area contributed by atoms with E-state index in [0.29, 0.717) is 5.69 Å². The Morgan fingerprint density at radius 1 is 1.05 bits per heavy atom. The summed E-state index contributed by atoms with van der Waals surface area (Å²) in [6.07, 6.45) is 7.56. The van der Waals surface area contributed by atoms with E-state index in [-0.39, 0.29) is 12.4 Å². The number of anilines is 1. The molecule has 4 heteroatoms. The van der Waals surface area contributed by atoms with E-state index >= 15 is 0 Å². The molecule has 0 spiro atoms. The fourth-order valence-corrected chi connectivity index (χ4v) is 2.60. The summed E-state index contributed by atoms with van der Waals surface area (Å²) < 4.78 is 0. The van der Waals surface area contributed by atoms with Crippen LogP contribution in [0.2, 0.25) is 0 Å². The quantitative estimate of drug-likeness (QED) is 0.682. The van der Waals surface area contributed by atoms with Crippen LogP contribution in [0.4, 0.5) is 5.82 Å². The highest BCUT2D eigenvalue weighted by Crippen LogP contribution is 2.30. The monoisotopic (exact) mass is 294 g/mol. The number of pyridine rings is 1. The maximum Gasteiger partial charge on any atom is 0.140 e. The molecular formula is C17H30N2O2. The van der Waals surface area contributed by atoms with Gasteiger partial charge in [0, 0.05) is 24.7 Å². The van der Waals surface area contributed by atoms with Crippen molar-refractivity contribution in [1.82, 2.24) is 4.98 Å². The molecule has 0 amide bonds. The van der Waals surface area contributed by atoms with Gasteiger partial charge in [0.25, 0.3) is 0 Å². The molecule has 0 atom stereocenters. The Morgan fingerprint density at radius 2 is 1.67 bits per heavy atom. The molecule has 0 bridgehead atoms. The first-order valence-electron chi connectivity index (χ1n) is 8.03. The van der Waals surface area contributed by atoms with Gasteiger partial charge in [-0.05, 0) is 20.3 Å². The lowest BCUT2D eigenvalue weighted by atomic mass is 10.1. The lowest BCUT2D eigenvalue weighted by molar-refractivity contribution is 0.280. The Morgan fingerprint density at radius 3 is 2.29 bits per heavy atom. The van der Waals surface area contributed by atoms with Crippen LogP contribution in [0.3, 0.4) is 0 Å². The summed E-state index contributed by atoms with van der Waals surface area (Å²) in [5.74, 6) is 0.981. The largest absolute Gasteiger partial charge is 0.506 e. The number of aliphatic hydroxyl groups excluding tert-OH is 1. The minimum Gasteiger partial charge on any atom is -0.506 e. The highest BCUT2D eigenvalue weighted by Gasteiger charge is 2.16. The van der Waals surface area contributed by atoms with Crippen molar-refractivity contribution in [1.29, 1.82) is 0 Å². The number of aliphatic hydroxyl groups is 1. The minimum atomic E-state index is -0.0944. The second-order valence-electron chi connectivity index (χ2n) is 5.82. The molecule has 4 nitrogen and oxygen atoms in total. The van der Waals surface area contributed by atoms with E-state index in [1.54, 1.807) is 6.92 Å². The van der Waals surface area contributed by atoms with Gasteiger partial charge in [-0.15, -0.1) is 0 Å². The Bertz CT molecular complexity index is 447. The summed E-state index contributed by atoms with van der Waals surface area (Å²) in [4.78, 5) is 6.54. The predicted octanol–water partition coefficient (Wildman–Crippen LogP) is 3.69. The van der Waals surface area contributed by atoms with Crippen LogP contribution in [0.1, 0.15) is 62.3 Å². The molecule has 0 unspecified atom stereocenters. The summed E-state index contributed by atoms with van der Waals surface area (Å²) in [5.41, 5.74) is 2.08. The number of rotatable bonds is 9. The molecule has 1 heterocycles. The first kappa shape index (κ1) is 17.8. The first-order valence-corrected chi connectivity index (χ1v) is 8.03. The van der Waals surface area contributed by atoms with Crippen molar-refractivity contribution in [2.75, 3.05) is 18.5 Å². The fourth-order valence-electron chi connectivity index (χ4n) is 2.60. The summed E-state index contributed by atoms with van der Waals surface area (Å²) in [7, 11) is 2.00. The van der Waals surface area contributed by atoms with Crippen LogP contribution in [0.15, 0.2) is 0 Å². The number of aryl methyl sites for hydroxylation is 1. The fraction of sp³-hybridized carbons (Fsp3) is 0.706. The van der Waals surface area contributed by atoms with Crippen molar-refractivity contribution in [2.45, 2.75) is 65.9 Å². The van der Waals surface area contributed by atoms with Crippen LogP contribution in [-0.2, 0) is 6.61 Å². The second kappa shape index (κ2) is 8.88. The molecule has 1 aromatic rings. The van der Waals surface area contributed by atoms with Gasteiger partial charge in [-0.1, -0.05) is 39.0 Å². The molecule has 2 N–H and O–H groups in total. The number of aromatic hydroxyl groups is 1. The van der Waals surface area contributed by atoms with Gasteiger partial charge in [0.05, 0.1) is 12.3 Å². The molecule has 0 saturated carbocycles. The molecule has 21 heavy (non-hydrogen) atoms. The third-order valence-corrected chi connectivity index (χ3v) is 4.06. The van der Waals surface area contributed by atoms with E-state index in [4.69, 9.17) is 0 Å². The van der Waals surface area contributed by atoms with E-state index in [1.165, 1.54) is 32.1 Å². The number of aromatic nitrogens is 1. The molecule has 0 aliphatic carbocycles. The summed E-state index contributed by atoms with van der Waals surface area (Å²) in [6, 6.07) is 0. The molecule has 0 fully saturated rings. The number of nitrogens with zero attached hydrogens (tertiary/aromatic N) is 2. The van der Waals surface area contributed by atoms with Crippen molar-refractivity contribution < 1.29 is 10.2 Å². The SMILES string of the molecule is CCCCCCCCN(C)c1nc(C)c(O)c(C)c1CO. The zero-order chi connectivity index (χ0) is 15.8. The smallest absolute Gasteiger partial charge is 0.140 e. The number of hydrogen-bond acceptors (Lipinski definition) is 4. The van der Waals surface area contributed by atoms with Gasteiger partial charge < -0.3 is 15.1 Å². The molecule has 0 saturated heterocycles. The Hall–Kier alpha value is -1.29. The average Bonchev–Trinajstić information content (AvgIpc) is 2.47. The van der Waals surface area contributed by atoms with Crippen LogP contribution in [0.5, 0.6) is 5.75 Å². The molecule has 0 aliphatic heterocycles. The number of unbranched alkanes of at least 4 members (excludes halogenated alkanes) is 5. The van der Waals surface area contributed by atoms with Crippen LogP contribution < -0.4 is 4.90 Å². The van der Waals surface area contributed by atoms with Gasteiger partial charge in [-0.25, -0.2) is 4.98 Å². The molecule has 0 aliphatic rings. The molecule has 0 radical (unpaired) electrons. The lowest BCUT2D eigenvalue weighted by Gasteiger charge is -2.23. The molecule has 0 aromatic carbocycles. The third kappa shape index (κ3) is 4.88. The van der Waals surface area contributed by atoms with Crippen LogP contribution in [-0.4, -0.2) is 28.8 Å². The lowest BCUT2D eigenvalue weighted by Crippen LogP contribution is -2.22. The normalized spacial score (nSPS) is 10.9. The maximum atomic E-state index is 9.93. The van der Waals surface area contributed by atoms with E-state index in [1.807, 2.05) is 14.0 Å². The molecule has 120 valence electrons. The maximum absolute atomic E-state index is 9.93. The van der Waals surface area contributed by atoms with Crippen LogP contribution in [0.25, 0.3) is 0 Å². The number of hydrogen-bond donors (Lipinski definition) is 2. The van der Waals surface area contributed by atoms with Crippen molar-refractivity contribution in [3.05, 3.63) is 16.8 Å². The standard InChI is InChI=1S/C17H30N2O2/c1-5-6-7-8-9-10-11-19(4)17-15(12-20)13(2)16(21)14(3)18-17/h20-21H,5-12H2,1-4H3. The van der Waals surface area contributed by atoms with Gasteiger partial charge in [0.1, 0.15) is 11.6 Å². The van der Waals surface area contributed by atoms with Gasteiger partial charge >= 0.3 is 0 Å². The van der Waals surface area contributed by atoms with Crippen molar-refractivity contribution in [3.63, 3.8) is 0 Å². The van der Waals surface area contributed by atoms with Crippen LogP contribution >= 0.6 is 0 Å². The van der Waals surface area contributed by atoms with Gasteiger partial charge in [-0.3, -0.25) is 0 Å². The van der Waals surface area contributed by atoms with E-state index in [2.05, 4.69) is 16.8 Å². The van der Waals surface area contributed by atoms with E-state index < -0.39 is 0 Å². The minimum absolute atomic E-state index is 0.0944. The summed E-state index contributed by atoms with van der Waals surface area (Å²) in [6.45, 7) is 6.69. The summed E-state index contributed by atoms with van der Waals surface area (Å²) >= 11 is 0. The molecule has 1 rings (SSSR count). The third-order valence-electron chi connectivity index (χ3n) is 4.06. The first-order chi connectivity index (χ1) is 10.0. The predicted molar refractivity (Wildman–Crippen MR) is 87.9 cm³/mol. The van der Waals surface area contributed by atoms with Crippen molar-refractivity contribution in [2.24, 2.45) is 0 Å². The topological polar surface area (TPSA) is 56.6 Å². The van der Waals surface area contributed by atoms with E-state index in [0.717, 1.165) is 29.9 Å². The highest BCUT2D eigenvalue weighted by molar-refractivity contribution is 5.55. The summed E-state index contributed by atoms with van der Waals surface area (Å²) in [5, 5.41) is 19.5. The average molecular weight is 294 g/mol. The van der Waals surface area contributed by atoms with E-state index in [9.17, 15) is 10.2 Å². The molecule has 1 aromatic heterocycles. The Kier molecular flexibility index (Phi) is 7.51. The highest BCUT2D eigenvalue weighted by atomic mass is 16.3. The van der Waals surface area contributed by atoms with Gasteiger partial charge in [-0.2, -0.15) is 0 Å². The van der Waals surface area contributed by atoms with Crippen LogP contribution in [0, 0.1) is 13.8 Å².